The van der Waals surface area contributed by atoms with Crippen molar-refractivity contribution in [2.45, 2.75) is 19.8 Å². The van der Waals surface area contributed by atoms with Crippen LogP contribution in [0.5, 0.6) is 0 Å². The summed E-state index contributed by atoms with van der Waals surface area (Å²) in [6.07, 6.45) is 0. The van der Waals surface area contributed by atoms with E-state index < -0.39 is 28.7 Å². The molecule has 8 nitrogen and oxygen atoms in total. The number of nitrogens with zero attached hydrogens (tertiary/aromatic N) is 2. The SMILES string of the molecule is COC(=O)C1=C(C)N=C(C)C(C(=O)OC)C1c1cccc([N+](=O)[O-])c1. The van der Waals surface area contributed by atoms with Crippen LogP contribution < -0.4 is 0 Å². The van der Waals surface area contributed by atoms with Crippen LogP contribution in [0.25, 0.3) is 0 Å². The fourth-order valence-electron chi connectivity index (χ4n) is 3.04. The second-order valence-electron chi connectivity index (χ2n) is 5.57. The van der Waals surface area contributed by atoms with Crippen molar-refractivity contribution in [2.24, 2.45) is 10.9 Å². The van der Waals surface area contributed by atoms with Gasteiger partial charge < -0.3 is 9.47 Å². The summed E-state index contributed by atoms with van der Waals surface area (Å²) in [6.45, 7) is 3.29. The van der Waals surface area contributed by atoms with E-state index in [0.29, 0.717) is 17.0 Å². The lowest BCUT2D eigenvalue weighted by molar-refractivity contribution is -0.384. The maximum Gasteiger partial charge on any atom is 0.336 e. The van der Waals surface area contributed by atoms with E-state index in [2.05, 4.69) is 4.99 Å². The quantitative estimate of drug-likeness (QED) is 0.470. The maximum absolute atomic E-state index is 12.3. The van der Waals surface area contributed by atoms with Crippen LogP contribution in [0.1, 0.15) is 25.3 Å². The standard InChI is InChI=1S/C17H18N2O6/c1-9-13(16(20)24-3)15(14(10(2)18-9)17(21)25-4)11-6-5-7-12(8-11)19(22)23/h5-8,13,15H,1-4H3. The molecular weight excluding hydrogens is 328 g/mol. The number of ether oxygens (including phenoxy) is 2. The van der Waals surface area contributed by atoms with Crippen molar-refractivity contribution in [3.05, 3.63) is 51.2 Å². The van der Waals surface area contributed by atoms with E-state index in [1.165, 1.54) is 32.4 Å². The molecule has 2 rings (SSSR count). The Morgan fingerprint density at radius 1 is 1.20 bits per heavy atom. The second kappa shape index (κ2) is 7.25. The number of nitro groups is 1. The Morgan fingerprint density at radius 3 is 2.44 bits per heavy atom. The third kappa shape index (κ3) is 3.42. The number of esters is 2. The molecule has 1 aliphatic heterocycles. The Bertz CT molecular complexity index is 796. The van der Waals surface area contributed by atoms with Gasteiger partial charge in [-0.15, -0.1) is 0 Å². The van der Waals surface area contributed by atoms with Gasteiger partial charge in [0.15, 0.2) is 0 Å². The lowest BCUT2D eigenvalue weighted by Gasteiger charge is -2.30. The minimum absolute atomic E-state index is 0.136. The van der Waals surface area contributed by atoms with Crippen LogP contribution in [0.15, 0.2) is 40.5 Å². The van der Waals surface area contributed by atoms with Crippen molar-refractivity contribution in [3.8, 4) is 0 Å². The fourth-order valence-corrected chi connectivity index (χ4v) is 3.04. The van der Waals surface area contributed by atoms with E-state index in [4.69, 9.17) is 9.47 Å². The lowest BCUT2D eigenvalue weighted by atomic mass is 9.75. The van der Waals surface area contributed by atoms with Gasteiger partial charge in [-0.3, -0.25) is 19.9 Å². The molecule has 0 spiro atoms. The molecule has 0 saturated heterocycles. The predicted molar refractivity (Wildman–Crippen MR) is 89.2 cm³/mol. The van der Waals surface area contributed by atoms with E-state index in [1.54, 1.807) is 19.9 Å². The van der Waals surface area contributed by atoms with E-state index in [1.807, 2.05) is 0 Å². The van der Waals surface area contributed by atoms with Crippen LogP contribution in [0.4, 0.5) is 5.69 Å². The van der Waals surface area contributed by atoms with Crippen LogP contribution >= 0.6 is 0 Å². The Labute approximate surface area is 144 Å². The average molecular weight is 346 g/mol. The zero-order chi connectivity index (χ0) is 18.7. The second-order valence-corrected chi connectivity index (χ2v) is 5.57. The van der Waals surface area contributed by atoms with Gasteiger partial charge in [0.2, 0.25) is 0 Å². The van der Waals surface area contributed by atoms with E-state index in [9.17, 15) is 19.7 Å². The van der Waals surface area contributed by atoms with Gasteiger partial charge >= 0.3 is 11.9 Å². The Balaban J connectivity index is 2.70. The van der Waals surface area contributed by atoms with Crippen molar-refractivity contribution in [3.63, 3.8) is 0 Å². The molecule has 0 fully saturated rings. The molecule has 0 N–H and O–H groups in total. The summed E-state index contributed by atoms with van der Waals surface area (Å²) in [6, 6.07) is 5.82. The van der Waals surface area contributed by atoms with Crippen molar-refractivity contribution in [2.75, 3.05) is 14.2 Å². The summed E-state index contributed by atoms with van der Waals surface area (Å²) in [5.74, 6) is -2.87. The molecule has 1 heterocycles. The number of hydrogen-bond acceptors (Lipinski definition) is 7. The molecule has 1 aromatic rings. The molecule has 25 heavy (non-hydrogen) atoms. The molecule has 0 bridgehead atoms. The fraction of sp³-hybridized carbons (Fsp3) is 0.353. The average Bonchev–Trinajstić information content (AvgIpc) is 2.59. The van der Waals surface area contributed by atoms with Gasteiger partial charge in [-0.05, 0) is 19.4 Å². The molecule has 1 aliphatic rings. The third-order valence-corrected chi connectivity index (χ3v) is 4.13. The number of nitro benzene ring substituents is 1. The molecule has 0 saturated carbocycles. The van der Waals surface area contributed by atoms with Gasteiger partial charge in [-0.25, -0.2) is 4.79 Å². The molecule has 1 aromatic carbocycles. The summed E-state index contributed by atoms with van der Waals surface area (Å²) in [7, 11) is 2.47. The van der Waals surface area contributed by atoms with Crippen LogP contribution in [-0.4, -0.2) is 36.8 Å². The molecule has 0 radical (unpaired) electrons. The van der Waals surface area contributed by atoms with Crippen LogP contribution in [0.3, 0.4) is 0 Å². The number of non-ortho nitro benzene ring substituents is 1. The first-order chi connectivity index (χ1) is 11.8. The third-order valence-electron chi connectivity index (χ3n) is 4.13. The minimum atomic E-state index is -0.871. The van der Waals surface area contributed by atoms with Crippen LogP contribution in [-0.2, 0) is 19.1 Å². The van der Waals surface area contributed by atoms with Crippen molar-refractivity contribution in [1.29, 1.82) is 0 Å². The van der Waals surface area contributed by atoms with Gasteiger partial charge in [0.1, 0.15) is 5.92 Å². The molecule has 2 atom stereocenters. The van der Waals surface area contributed by atoms with Crippen molar-refractivity contribution >= 4 is 23.3 Å². The molecule has 132 valence electrons. The predicted octanol–water partition coefficient (Wildman–Crippen LogP) is 2.39. The number of carbonyl (C=O) groups is 2. The molecular formula is C17H18N2O6. The summed E-state index contributed by atoms with van der Waals surface area (Å²) in [5.41, 5.74) is 1.36. The zero-order valence-electron chi connectivity index (χ0n) is 14.3. The summed E-state index contributed by atoms with van der Waals surface area (Å²) < 4.78 is 9.69. The topological polar surface area (TPSA) is 108 Å². The summed E-state index contributed by atoms with van der Waals surface area (Å²) in [4.78, 5) is 39.5. The van der Waals surface area contributed by atoms with Gasteiger partial charge in [-0.1, -0.05) is 12.1 Å². The lowest BCUT2D eigenvalue weighted by Crippen LogP contribution is -2.36. The summed E-state index contributed by atoms with van der Waals surface area (Å²) >= 11 is 0. The molecule has 8 heteroatoms. The highest BCUT2D eigenvalue weighted by molar-refractivity contribution is 6.06. The van der Waals surface area contributed by atoms with E-state index in [-0.39, 0.29) is 11.3 Å². The van der Waals surface area contributed by atoms with Gasteiger partial charge in [0.05, 0.1) is 24.7 Å². The number of aliphatic imine (C=N–C) groups is 1. The molecule has 0 amide bonds. The normalized spacial score (nSPS) is 19.9. The number of hydrogen-bond donors (Lipinski definition) is 0. The Hall–Kier alpha value is -3.03. The number of methoxy groups -OCH3 is 2. The number of rotatable bonds is 4. The van der Waals surface area contributed by atoms with Gasteiger partial charge in [-0.2, -0.15) is 0 Å². The maximum atomic E-state index is 12.3. The van der Waals surface area contributed by atoms with Crippen LogP contribution in [0, 0.1) is 16.0 Å². The van der Waals surface area contributed by atoms with Crippen molar-refractivity contribution < 1.29 is 24.0 Å². The zero-order valence-corrected chi connectivity index (χ0v) is 14.3. The van der Waals surface area contributed by atoms with Crippen LogP contribution in [0.2, 0.25) is 0 Å². The highest BCUT2D eigenvalue weighted by Crippen LogP contribution is 2.40. The number of carbonyl (C=O) groups excluding carboxylic acids is 2. The molecule has 2 unspecified atom stereocenters. The first kappa shape index (κ1) is 18.3. The van der Waals surface area contributed by atoms with Gasteiger partial charge in [0.25, 0.3) is 5.69 Å². The van der Waals surface area contributed by atoms with Gasteiger partial charge in [0, 0.05) is 29.5 Å². The first-order valence-corrected chi connectivity index (χ1v) is 7.48. The first-order valence-electron chi connectivity index (χ1n) is 7.48. The highest BCUT2D eigenvalue weighted by Gasteiger charge is 2.42. The number of benzene rings is 1. The number of allylic oxidation sites excluding steroid dienone is 1. The van der Waals surface area contributed by atoms with E-state index in [0.717, 1.165) is 0 Å². The van der Waals surface area contributed by atoms with Crippen molar-refractivity contribution in [1.82, 2.24) is 0 Å². The largest absolute Gasteiger partial charge is 0.468 e. The van der Waals surface area contributed by atoms with E-state index >= 15 is 0 Å². The molecule has 0 aromatic heterocycles. The monoisotopic (exact) mass is 346 g/mol. The summed E-state index contributed by atoms with van der Waals surface area (Å²) in [5, 5.41) is 11.1. The Morgan fingerprint density at radius 2 is 1.88 bits per heavy atom. The molecule has 0 aliphatic carbocycles. The smallest absolute Gasteiger partial charge is 0.336 e. The highest BCUT2D eigenvalue weighted by atomic mass is 16.6. The Kier molecular flexibility index (Phi) is 5.31. The minimum Gasteiger partial charge on any atom is -0.468 e.